The van der Waals surface area contributed by atoms with E-state index in [0.717, 1.165) is 12.5 Å². The van der Waals surface area contributed by atoms with Crippen LogP contribution in [0, 0.1) is 11.7 Å². The third-order valence-electron chi connectivity index (χ3n) is 5.30. The minimum atomic E-state index is -4.44. The van der Waals surface area contributed by atoms with Crippen LogP contribution in [0.15, 0.2) is 30.3 Å². The van der Waals surface area contributed by atoms with Crippen molar-refractivity contribution in [1.29, 1.82) is 0 Å². The van der Waals surface area contributed by atoms with Crippen LogP contribution in [0.2, 0.25) is 0 Å². The summed E-state index contributed by atoms with van der Waals surface area (Å²) in [5, 5.41) is 21.8. The number of carboxylic acid groups (broad SMARTS) is 2. The number of hydrogen-bond acceptors (Lipinski definition) is 6. The zero-order chi connectivity index (χ0) is 24.3. The number of nitrogens with one attached hydrogen (secondary N) is 1. The van der Waals surface area contributed by atoms with Gasteiger partial charge in [0.2, 0.25) is 0 Å². The number of hydrogen-bond donors (Lipinski definition) is 3. The Morgan fingerprint density at radius 2 is 2.00 bits per heavy atom. The molecular weight excluding hydrogens is 455 g/mol. The molecule has 2 aromatic rings. The highest BCUT2D eigenvalue weighted by molar-refractivity contribution is 7.87. The fraction of sp³-hybridized carbons (Fsp3) is 0.381. The van der Waals surface area contributed by atoms with Gasteiger partial charge in [-0.2, -0.15) is 12.7 Å². The molecule has 0 aliphatic carbocycles. The molecule has 1 atom stereocenters. The van der Waals surface area contributed by atoms with E-state index in [1.807, 2.05) is 6.92 Å². The fourth-order valence-corrected chi connectivity index (χ4v) is 5.69. The van der Waals surface area contributed by atoms with Gasteiger partial charge in [-0.05, 0) is 37.9 Å². The van der Waals surface area contributed by atoms with Crippen molar-refractivity contribution in [1.82, 2.24) is 18.6 Å². The third kappa shape index (κ3) is 4.97. The Morgan fingerprint density at radius 3 is 2.58 bits per heavy atom. The van der Waals surface area contributed by atoms with Gasteiger partial charge in [-0.25, -0.2) is 22.9 Å². The summed E-state index contributed by atoms with van der Waals surface area (Å²) in [6.45, 7) is 2.18. The van der Waals surface area contributed by atoms with Crippen molar-refractivity contribution in [3.8, 4) is 11.4 Å². The molecule has 178 valence electrons. The molecule has 1 aliphatic rings. The summed E-state index contributed by atoms with van der Waals surface area (Å²) in [5.74, 6) is -4.26. The maximum atomic E-state index is 14.7. The number of carbonyl (C=O) groups is 2. The van der Waals surface area contributed by atoms with E-state index in [9.17, 15) is 32.6 Å². The Morgan fingerprint density at radius 1 is 1.30 bits per heavy atom. The van der Waals surface area contributed by atoms with Crippen LogP contribution < -0.4 is 5.32 Å². The van der Waals surface area contributed by atoms with Crippen molar-refractivity contribution in [3.63, 3.8) is 0 Å². The van der Waals surface area contributed by atoms with Crippen molar-refractivity contribution >= 4 is 27.7 Å². The van der Waals surface area contributed by atoms with Crippen LogP contribution in [0.25, 0.3) is 17.0 Å². The molecule has 1 saturated heterocycles. The molecular formula is C21H25FN4O6S. The average Bonchev–Trinajstić information content (AvgIpc) is 3.11. The lowest BCUT2D eigenvalue weighted by Gasteiger charge is -2.31. The summed E-state index contributed by atoms with van der Waals surface area (Å²) >= 11 is 0. The third-order valence-corrected chi connectivity index (χ3v) is 7.10. The summed E-state index contributed by atoms with van der Waals surface area (Å²) in [6, 6.07) is 5.38. The van der Waals surface area contributed by atoms with E-state index in [-0.39, 0.29) is 42.6 Å². The van der Waals surface area contributed by atoms with E-state index < -0.39 is 39.2 Å². The van der Waals surface area contributed by atoms with Crippen molar-refractivity contribution in [2.45, 2.75) is 26.3 Å². The lowest BCUT2D eigenvalue weighted by molar-refractivity contribution is -0.133. The molecule has 3 N–H and O–H groups in total. The Balaban J connectivity index is 2.42. The van der Waals surface area contributed by atoms with Crippen LogP contribution in [0.3, 0.4) is 0 Å². The van der Waals surface area contributed by atoms with Gasteiger partial charge in [0.15, 0.2) is 5.82 Å². The predicted molar refractivity (Wildman–Crippen MR) is 118 cm³/mol. The molecule has 0 amide bonds. The van der Waals surface area contributed by atoms with Crippen molar-refractivity contribution in [2.75, 3.05) is 20.1 Å². The van der Waals surface area contributed by atoms with Gasteiger partial charge in [0.1, 0.15) is 5.82 Å². The van der Waals surface area contributed by atoms with Crippen molar-refractivity contribution in [2.24, 2.45) is 5.92 Å². The number of rotatable bonds is 8. The largest absolute Gasteiger partial charge is 0.478 e. The van der Waals surface area contributed by atoms with Crippen LogP contribution in [0.5, 0.6) is 0 Å². The molecule has 0 saturated carbocycles. The Bertz CT molecular complexity index is 1210. The molecule has 1 unspecified atom stereocenters. The number of aliphatic carboxylic acids is 2. The SMILES string of the molecule is CNCc1nc(-c2ccccc2F)n(S(=O)(=O)N2CCCC(C)C2)c1/C(=C/C(=O)O)C(=O)O. The second kappa shape index (κ2) is 9.81. The van der Waals surface area contributed by atoms with E-state index >= 15 is 0 Å². The molecule has 0 spiro atoms. The van der Waals surface area contributed by atoms with Gasteiger partial charge in [0, 0.05) is 25.7 Å². The summed E-state index contributed by atoms with van der Waals surface area (Å²) < 4.78 is 44.3. The zero-order valence-electron chi connectivity index (χ0n) is 18.2. The van der Waals surface area contributed by atoms with Crippen LogP contribution in [-0.2, 0) is 26.3 Å². The lowest BCUT2D eigenvalue weighted by atomic mass is 10.0. The van der Waals surface area contributed by atoms with Gasteiger partial charge in [-0.3, -0.25) is 0 Å². The minimum Gasteiger partial charge on any atom is -0.478 e. The number of piperidine rings is 1. The van der Waals surface area contributed by atoms with Crippen LogP contribution in [-0.4, -0.2) is 64.0 Å². The van der Waals surface area contributed by atoms with Gasteiger partial charge in [-0.15, -0.1) is 0 Å². The minimum absolute atomic E-state index is 0.0423. The summed E-state index contributed by atoms with van der Waals surface area (Å²) in [5.41, 5.74) is -1.42. The molecule has 1 aromatic heterocycles. The van der Waals surface area contributed by atoms with E-state index in [1.165, 1.54) is 29.6 Å². The monoisotopic (exact) mass is 480 g/mol. The number of halogens is 1. The second-order valence-corrected chi connectivity index (χ2v) is 9.60. The quantitative estimate of drug-likeness (QED) is 0.486. The number of benzene rings is 1. The fourth-order valence-electron chi connectivity index (χ4n) is 3.87. The highest BCUT2D eigenvalue weighted by Gasteiger charge is 2.37. The molecule has 10 nitrogen and oxygen atoms in total. The molecule has 3 rings (SSSR count). The molecule has 33 heavy (non-hydrogen) atoms. The normalized spacial score (nSPS) is 17.8. The van der Waals surface area contributed by atoms with E-state index in [1.54, 1.807) is 0 Å². The lowest BCUT2D eigenvalue weighted by Crippen LogP contribution is -2.43. The Kier molecular flexibility index (Phi) is 7.30. The van der Waals surface area contributed by atoms with Gasteiger partial charge < -0.3 is 15.5 Å². The predicted octanol–water partition coefficient (Wildman–Crippen LogP) is 1.79. The standard InChI is InChI=1S/C21H25FN4O6S/c1-13-6-5-9-25(12-13)33(31,32)26-19(15(21(29)30)10-18(27)28)17(11-23-2)24-20(26)14-7-3-4-8-16(14)22/h3-4,7-8,10,13,23H,5-6,9,11-12H2,1-2H3,(H,27,28)(H,29,30)/b15-10-. The maximum absolute atomic E-state index is 14.7. The topological polar surface area (TPSA) is 142 Å². The number of imidazole rings is 1. The van der Waals surface area contributed by atoms with Gasteiger partial charge >= 0.3 is 22.1 Å². The number of nitrogens with zero attached hydrogens (tertiary/aromatic N) is 3. The van der Waals surface area contributed by atoms with E-state index in [2.05, 4.69) is 10.3 Å². The summed E-state index contributed by atoms with van der Waals surface area (Å²) in [4.78, 5) is 27.7. The molecule has 1 fully saturated rings. The van der Waals surface area contributed by atoms with E-state index in [0.29, 0.717) is 16.5 Å². The highest BCUT2D eigenvalue weighted by atomic mass is 32.2. The molecule has 12 heteroatoms. The first kappa shape index (κ1) is 24.6. The van der Waals surface area contributed by atoms with Crippen molar-refractivity contribution in [3.05, 3.63) is 47.5 Å². The van der Waals surface area contributed by atoms with E-state index in [4.69, 9.17) is 0 Å². The van der Waals surface area contributed by atoms with Crippen LogP contribution >= 0.6 is 0 Å². The van der Waals surface area contributed by atoms with Crippen LogP contribution in [0.1, 0.15) is 31.2 Å². The van der Waals surface area contributed by atoms with Crippen LogP contribution in [0.4, 0.5) is 4.39 Å². The average molecular weight is 481 g/mol. The smallest absolute Gasteiger partial charge is 0.338 e. The van der Waals surface area contributed by atoms with Crippen molar-refractivity contribution < 1.29 is 32.6 Å². The molecule has 0 bridgehead atoms. The Hall–Kier alpha value is -3.09. The maximum Gasteiger partial charge on any atom is 0.338 e. The highest BCUT2D eigenvalue weighted by Crippen LogP contribution is 2.33. The number of aromatic nitrogens is 2. The first-order valence-electron chi connectivity index (χ1n) is 10.3. The second-order valence-electron chi connectivity index (χ2n) is 7.82. The molecule has 1 aliphatic heterocycles. The van der Waals surface area contributed by atoms with Gasteiger partial charge in [0.05, 0.1) is 22.5 Å². The molecule has 0 radical (unpaired) electrons. The summed E-state index contributed by atoms with van der Waals surface area (Å²) in [7, 11) is -2.90. The molecule has 1 aromatic carbocycles. The zero-order valence-corrected chi connectivity index (χ0v) is 19.0. The van der Waals surface area contributed by atoms with Gasteiger partial charge in [-0.1, -0.05) is 19.1 Å². The van der Waals surface area contributed by atoms with Gasteiger partial charge in [0.25, 0.3) is 0 Å². The molecule has 2 heterocycles. The first-order chi connectivity index (χ1) is 15.6. The summed E-state index contributed by atoms with van der Waals surface area (Å²) in [6.07, 6.45) is 1.83. The Labute approximate surface area is 190 Å². The first-order valence-corrected chi connectivity index (χ1v) is 11.7. The number of carboxylic acids is 2.